The molecule has 0 amide bonds. The Balaban J connectivity index is 2.14. The Morgan fingerprint density at radius 2 is 2.00 bits per heavy atom. The van der Waals surface area contributed by atoms with E-state index in [1.54, 1.807) is 10.7 Å². The summed E-state index contributed by atoms with van der Waals surface area (Å²) in [6.07, 6.45) is 0. The summed E-state index contributed by atoms with van der Waals surface area (Å²) in [5.41, 5.74) is 9.26. The van der Waals surface area contributed by atoms with Crippen LogP contribution in [0.3, 0.4) is 0 Å². The molecule has 1 heterocycles. The molecular weight excluding hydrogens is 354 g/mol. The van der Waals surface area contributed by atoms with Crippen molar-refractivity contribution in [3.05, 3.63) is 51.5 Å². The van der Waals surface area contributed by atoms with Crippen LogP contribution in [0.5, 0.6) is 0 Å². The van der Waals surface area contributed by atoms with Crippen molar-refractivity contribution in [3.8, 4) is 17.1 Å². The molecule has 2 N–H and O–H groups in total. The number of hydrogen-bond acceptors (Lipinski definition) is 4. The van der Waals surface area contributed by atoms with Crippen molar-refractivity contribution in [1.29, 1.82) is 0 Å². The second kappa shape index (κ2) is 5.46. The van der Waals surface area contributed by atoms with Gasteiger partial charge in [0.25, 0.3) is 0 Å². The van der Waals surface area contributed by atoms with E-state index >= 15 is 0 Å². The minimum absolute atomic E-state index is 0.595. The lowest BCUT2D eigenvalue weighted by Gasteiger charge is -2.07. The topological polar surface area (TPSA) is 69.6 Å². The predicted molar refractivity (Wildman–Crippen MR) is 86.4 cm³/mol. The number of nitrogen functional groups attached to an aromatic ring is 1. The Kier molecular flexibility index (Phi) is 3.65. The van der Waals surface area contributed by atoms with Gasteiger partial charge in [0.1, 0.15) is 0 Å². The SMILES string of the molecule is Cc1cc(N)cc(-c2nnnn2-c2ccc(Br)c(Cl)c2)c1. The van der Waals surface area contributed by atoms with Crippen molar-refractivity contribution in [1.82, 2.24) is 20.2 Å². The third kappa shape index (κ3) is 2.77. The Morgan fingerprint density at radius 1 is 1.19 bits per heavy atom. The molecule has 3 rings (SSSR count). The number of benzene rings is 2. The van der Waals surface area contributed by atoms with Crippen molar-refractivity contribution in [2.24, 2.45) is 0 Å². The summed E-state index contributed by atoms with van der Waals surface area (Å²) in [7, 11) is 0. The average Bonchev–Trinajstić information content (AvgIpc) is 2.90. The third-order valence-corrected chi connectivity index (χ3v) is 4.21. The van der Waals surface area contributed by atoms with E-state index in [2.05, 4.69) is 31.5 Å². The number of aromatic nitrogens is 4. The lowest BCUT2D eigenvalue weighted by atomic mass is 10.1. The predicted octanol–water partition coefficient (Wildman–Crippen LogP) is 3.64. The van der Waals surface area contributed by atoms with Crippen molar-refractivity contribution in [2.75, 3.05) is 5.73 Å². The summed E-state index contributed by atoms with van der Waals surface area (Å²) in [6.45, 7) is 1.98. The second-order valence-electron chi connectivity index (χ2n) is 4.65. The Hall–Kier alpha value is -1.92. The van der Waals surface area contributed by atoms with E-state index in [4.69, 9.17) is 17.3 Å². The van der Waals surface area contributed by atoms with Gasteiger partial charge in [-0.3, -0.25) is 0 Å². The first-order valence-electron chi connectivity index (χ1n) is 6.16. The highest BCUT2D eigenvalue weighted by molar-refractivity contribution is 9.10. The van der Waals surface area contributed by atoms with Crippen LogP contribution < -0.4 is 5.73 Å². The molecule has 2 aromatic carbocycles. The zero-order chi connectivity index (χ0) is 15.0. The molecule has 21 heavy (non-hydrogen) atoms. The maximum atomic E-state index is 6.13. The molecule has 0 aliphatic carbocycles. The van der Waals surface area contributed by atoms with Crippen LogP contribution in [0.2, 0.25) is 5.02 Å². The zero-order valence-electron chi connectivity index (χ0n) is 11.1. The highest BCUT2D eigenvalue weighted by Crippen LogP contribution is 2.27. The van der Waals surface area contributed by atoms with Gasteiger partial charge in [0.2, 0.25) is 0 Å². The molecule has 1 aromatic heterocycles. The molecule has 0 atom stereocenters. The maximum absolute atomic E-state index is 6.13. The van der Waals surface area contributed by atoms with Gasteiger partial charge in [-0.15, -0.1) is 5.10 Å². The van der Waals surface area contributed by atoms with Crippen LogP contribution in [-0.4, -0.2) is 20.2 Å². The summed E-state index contributed by atoms with van der Waals surface area (Å²) in [5, 5.41) is 12.5. The molecule has 0 unspecified atom stereocenters. The van der Waals surface area contributed by atoms with E-state index in [1.165, 1.54) is 0 Å². The first-order valence-corrected chi connectivity index (χ1v) is 7.33. The number of rotatable bonds is 2. The van der Waals surface area contributed by atoms with Gasteiger partial charge in [-0.05, 0) is 75.2 Å². The van der Waals surface area contributed by atoms with Gasteiger partial charge in [0, 0.05) is 15.7 Å². The van der Waals surface area contributed by atoms with Crippen molar-refractivity contribution in [3.63, 3.8) is 0 Å². The van der Waals surface area contributed by atoms with E-state index in [1.807, 2.05) is 37.3 Å². The second-order valence-corrected chi connectivity index (χ2v) is 5.91. The number of nitrogens with zero attached hydrogens (tertiary/aromatic N) is 4. The van der Waals surface area contributed by atoms with Gasteiger partial charge in [-0.2, -0.15) is 4.68 Å². The van der Waals surface area contributed by atoms with Crippen LogP contribution >= 0.6 is 27.5 Å². The molecule has 0 aliphatic heterocycles. The first-order chi connectivity index (χ1) is 10.0. The number of tetrazole rings is 1. The number of hydrogen-bond donors (Lipinski definition) is 1. The molecule has 0 bridgehead atoms. The highest BCUT2D eigenvalue weighted by atomic mass is 79.9. The summed E-state index contributed by atoms with van der Waals surface area (Å²) in [5.74, 6) is 0.615. The van der Waals surface area contributed by atoms with Crippen LogP contribution in [0.15, 0.2) is 40.9 Å². The van der Waals surface area contributed by atoms with E-state index in [9.17, 15) is 0 Å². The molecule has 106 valence electrons. The lowest BCUT2D eigenvalue weighted by Crippen LogP contribution is -2.00. The third-order valence-electron chi connectivity index (χ3n) is 2.98. The fourth-order valence-electron chi connectivity index (χ4n) is 2.10. The summed E-state index contributed by atoms with van der Waals surface area (Å²) < 4.78 is 2.45. The minimum atomic E-state index is 0.595. The van der Waals surface area contributed by atoms with Gasteiger partial charge < -0.3 is 5.73 Å². The van der Waals surface area contributed by atoms with Crippen LogP contribution in [0.1, 0.15) is 5.56 Å². The monoisotopic (exact) mass is 363 g/mol. The first kappa shape index (κ1) is 14.0. The Labute approximate surface area is 134 Å². The van der Waals surface area contributed by atoms with E-state index in [-0.39, 0.29) is 0 Å². The van der Waals surface area contributed by atoms with Gasteiger partial charge in [0.05, 0.1) is 10.7 Å². The summed E-state index contributed by atoms with van der Waals surface area (Å²) in [4.78, 5) is 0. The zero-order valence-corrected chi connectivity index (χ0v) is 13.4. The average molecular weight is 365 g/mol. The molecule has 0 spiro atoms. The number of nitrogens with two attached hydrogens (primary N) is 1. The fourth-order valence-corrected chi connectivity index (χ4v) is 2.52. The number of halogens is 2. The molecule has 0 saturated heterocycles. The fraction of sp³-hybridized carbons (Fsp3) is 0.0714. The molecule has 0 radical (unpaired) electrons. The van der Waals surface area contributed by atoms with E-state index in [0.717, 1.165) is 21.3 Å². The van der Waals surface area contributed by atoms with Gasteiger partial charge in [-0.1, -0.05) is 11.6 Å². The van der Waals surface area contributed by atoms with Gasteiger partial charge >= 0.3 is 0 Å². The molecule has 3 aromatic rings. The summed E-state index contributed by atoms with van der Waals surface area (Å²) >= 11 is 9.50. The summed E-state index contributed by atoms with van der Waals surface area (Å²) in [6, 6.07) is 11.3. The van der Waals surface area contributed by atoms with Crippen molar-refractivity contribution < 1.29 is 0 Å². The molecule has 7 heteroatoms. The maximum Gasteiger partial charge on any atom is 0.187 e. The van der Waals surface area contributed by atoms with Crippen LogP contribution in [0, 0.1) is 6.92 Å². The van der Waals surface area contributed by atoms with E-state index < -0.39 is 0 Å². The molecular formula is C14H11BrClN5. The van der Waals surface area contributed by atoms with Crippen LogP contribution in [0.25, 0.3) is 17.1 Å². The van der Waals surface area contributed by atoms with Crippen molar-refractivity contribution in [2.45, 2.75) is 6.92 Å². The van der Waals surface area contributed by atoms with Crippen molar-refractivity contribution >= 4 is 33.2 Å². The number of anilines is 1. The quantitative estimate of drug-likeness (QED) is 0.705. The standard InChI is InChI=1S/C14H11BrClN5/c1-8-4-9(6-10(17)5-8)14-18-19-20-21(14)11-2-3-12(15)13(16)7-11/h2-7H,17H2,1H3. The largest absolute Gasteiger partial charge is 0.399 e. The molecule has 0 fully saturated rings. The normalized spacial score (nSPS) is 10.8. The smallest absolute Gasteiger partial charge is 0.187 e. The molecule has 0 aliphatic rings. The molecule has 5 nitrogen and oxygen atoms in total. The number of aryl methyl sites for hydroxylation is 1. The Bertz CT molecular complexity index is 795. The Morgan fingerprint density at radius 3 is 2.71 bits per heavy atom. The minimum Gasteiger partial charge on any atom is -0.399 e. The highest BCUT2D eigenvalue weighted by Gasteiger charge is 2.12. The molecule has 0 saturated carbocycles. The van der Waals surface area contributed by atoms with E-state index in [0.29, 0.717) is 16.5 Å². The van der Waals surface area contributed by atoms with Gasteiger partial charge in [0.15, 0.2) is 5.82 Å². The van der Waals surface area contributed by atoms with Gasteiger partial charge in [-0.25, -0.2) is 0 Å². The lowest BCUT2D eigenvalue weighted by molar-refractivity contribution is 0.791. The van der Waals surface area contributed by atoms with Crippen LogP contribution in [-0.2, 0) is 0 Å². The van der Waals surface area contributed by atoms with Crippen LogP contribution in [0.4, 0.5) is 5.69 Å².